The van der Waals surface area contributed by atoms with Crippen LogP contribution in [0.1, 0.15) is 16.7 Å². The highest BCUT2D eigenvalue weighted by Crippen LogP contribution is 2.35. The number of carbonyl (C=O) groups excluding carboxylic acids is 1. The third-order valence-corrected chi connectivity index (χ3v) is 7.25. The quantitative estimate of drug-likeness (QED) is 0.226. The molecule has 2 heterocycles. The van der Waals surface area contributed by atoms with Crippen LogP contribution in [0.3, 0.4) is 0 Å². The number of aromatic nitrogens is 2. The molecule has 38 heavy (non-hydrogen) atoms. The average molecular weight is 542 g/mol. The Bertz CT molecular complexity index is 1530. The van der Waals surface area contributed by atoms with Gasteiger partial charge in [0.2, 0.25) is 0 Å². The minimum absolute atomic E-state index is 0.218. The molecule has 1 aromatic heterocycles. The number of rotatable bonds is 8. The normalized spacial score (nSPS) is 14.3. The summed E-state index contributed by atoms with van der Waals surface area (Å²) in [5.74, 6) is -0.821. The minimum atomic E-state index is -1.12. The van der Waals surface area contributed by atoms with Crippen molar-refractivity contribution in [1.29, 1.82) is 0 Å². The SMILES string of the molecule is Cc1ccc(COc2ccc(-c3nn(-c4ccccc4)cc3/C=C3\SC(=S)N(CC(=O)O)C3=O)cc2)cc1. The molecule has 4 aromatic rings. The van der Waals surface area contributed by atoms with E-state index in [2.05, 4.69) is 12.1 Å². The molecule has 0 unspecified atom stereocenters. The van der Waals surface area contributed by atoms with Gasteiger partial charge in [0.15, 0.2) is 0 Å². The van der Waals surface area contributed by atoms with Crippen LogP contribution in [0, 0.1) is 6.92 Å². The Morgan fingerprint density at radius 2 is 1.76 bits per heavy atom. The van der Waals surface area contributed by atoms with Gasteiger partial charge < -0.3 is 9.84 Å². The number of nitrogens with zero attached hydrogens (tertiary/aromatic N) is 3. The molecule has 190 valence electrons. The summed E-state index contributed by atoms with van der Waals surface area (Å²) >= 11 is 6.33. The molecule has 1 saturated heterocycles. The molecule has 0 aliphatic carbocycles. The van der Waals surface area contributed by atoms with Crippen molar-refractivity contribution in [2.45, 2.75) is 13.5 Å². The van der Waals surface area contributed by atoms with E-state index in [9.17, 15) is 9.59 Å². The molecular weight excluding hydrogens is 518 g/mol. The molecule has 1 fully saturated rings. The number of carboxylic acid groups (broad SMARTS) is 1. The van der Waals surface area contributed by atoms with Gasteiger partial charge in [-0.15, -0.1) is 0 Å². The van der Waals surface area contributed by atoms with Crippen molar-refractivity contribution in [3.05, 3.63) is 107 Å². The summed E-state index contributed by atoms with van der Waals surface area (Å²) < 4.78 is 7.92. The number of aliphatic carboxylic acids is 1. The van der Waals surface area contributed by atoms with Gasteiger partial charge in [-0.25, -0.2) is 4.68 Å². The first-order valence-corrected chi connectivity index (χ1v) is 13.0. The van der Waals surface area contributed by atoms with E-state index in [1.807, 2.05) is 79.9 Å². The number of thioether (sulfide) groups is 1. The largest absolute Gasteiger partial charge is 0.489 e. The molecular formula is C29H23N3O4S2. The van der Waals surface area contributed by atoms with Gasteiger partial charge in [0, 0.05) is 17.3 Å². The number of aryl methyl sites for hydroxylation is 1. The fraction of sp³-hybridized carbons (Fsp3) is 0.103. The fourth-order valence-electron chi connectivity index (χ4n) is 3.90. The van der Waals surface area contributed by atoms with E-state index in [0.29, 0.717) is 22.8 Å². The van der Waals surface area contributed by atoms with Crippen LogP contribution in [0.15, 0.2) is 90.0 Å². The molecule has 1 N–H and O–H groups in total. The number of thiocarbonyl (C=S) groups is 1. The number of carboxylic acids is 1. The van der Waals surface area contributed by atoms with Crippen molar-refractivity contribution in [2.24, 2.45) is 0 Å². The lowest BCUT2D eigenvalue weighted by Crippen LogP contribution is -2.33. The Hall–Kier alpha value is -4.21. The van der Waals surface area contributed by atoms with Crippen LogP contribution >= 0.6 is 24.0 Å². The molecule has 9 heteroatoms. The highest BCUT2D eigenvalue weighted by atomic mass is 32.2. The molecule has 1 amide bonds. The fourth-order valence-corrected chi connectivity index (χ4v) is 5.15. The van der Waals surface area contributed by atoms with E-state index >= 15 is 0 Å². The third kappa shape index (κ3) is 5.69. The van der Waals surface area contributed by atoms with Crippen molar-refractivity contribution in [3.8, 4) is 22.7 Å². The second kappa shape index (κ2) is 11.0. The summed E-state index contributed by atoms with van der Waals surface area (Å²) in [5, 5.41) is 13.9. The van der Waals surface area contributed by atoms with Crippen LogP contribution < -0.4 is 4.74 Å². The Balaban J connectivity index is 1.44. The summed E-state index contributed by atoms with van der Waals surface area (Å²) in [6.45, 7) is 2.04. The number of ether oxygens (including phenoxy) is 1. The van der Waals surface area contributed by atoms with Gasteiger partial charge >= 0.3 is 5.97 Å². The molecule has 0 saturated carbocycles. The van der Waals surface area contributed by atoms with Crippen LogP contribution in [0.2, 0.25) is 0 Å². The maximum Gasteiger partial charge on any atom is 0.323 e. The molecule has 0 bridgehead atoms. The Kier molecular flexibility index (Phi) is 7.39. The molecule has 0 atom stereocenters. The van der Waals surface area contributed by atoms with Crippen molar-refractivity contribution >= 4 is 46.3 Å². The van der Waals surface area contributed by atoms with E-state index in [0.717, 1.165) is 39.2 Å². The van der Waals surface area contributed by atoms with Gasteiger partial charge in [-0.05, 0) is 55.0 Å². The monoisotopic (exact) mass is 541 g/mol. The lowest BCUT2D eigenvalue weighted by Gasteiger charge is -2.10. The van der Waals surface area contributed by atoms with Crippen molar-refractivity contribution in [2.75, 3.05) is 6.54 Å². The summed E-state index contributed by atoms with van der Waals surface area (Å²) in [7, 11) is 0. The zero-order valence-corrected chi connectivity index (χ0v) is 22.0. The molecule has 1 aliphatic heterocycles. The summed E-state index contributed by atoms with van der Waals surface area (Å²) in [6.07, 6.45) is 3.56. The predicted molar refractivity (Wildman–Crippen MR) is 152 cm³/mol. The molecule has 3 aromatic carbocycles. The maximum atomic E-state index is 12.9. The predicted octanol–water partition coefficient (Wildman–Crippen LogP) is 5.71. The number of benzene rings is 3. The second-order valence-corrected chi connectivity index (χ2v) is 10.3. The van der Waals surface area contributed by atoms with E-state index in [1.54, 1.807) is 10.8 Å². The van der Waals surface area contributed by atoms with Gasteiger partial charge in [0.25, 0.3) is 5.91 Å². The van der Waals surface area contributed by atoms with Crippen LogP contribution in [-0.2, 0) is 16.2 Å². The van der Waals surface area contributed by atoms with Gasteiger partial charge in [-0.3, -0.25) is 14.5 Å². The van der Waals surface area contributed by atoms with E-state index < -0.39 is 18.4 Å². The highest BCUT2D eigenvalue weighted by molar-refractivity contribution is 8.26. The van der Waals surface area contributed by atoms with Crippen molar-refractivity contribution in [3.63, 3.8) is 0 Å². The lowest BCUT2D eigenvalue weighted by molar-refractivity contribution is -0.140. The number of carbonyl (C=O) groups is 2. The number of para-hydroxylation sites is 1. The first-order chi connectivity index (χ1) is 18.4. The van der Waals surface area contributed by atoms with Crippen LogP contribution in [0.4, 0.5) is 0 Å². The third-order valence-electron chi connectivity index (χ3n) is 5.87. The molecule has 7 nitrogen and oxygen atoms in total. The topological polar surface area (TPSA) is 84.7 Å². The maximum absolute atomic E-state index is 12.9. The highest BCUT2D eigenvalue weighted by Gasteiger charge is 2.33. The number of hydrogen-bond acceptors (Lipinski definition) is 6. The standard InChI is InChI=1S/C29H23N3O4S2/c1-19-7-9-20(10-8-19)18-36-24-13-11-21(12-14-24)27-22(16-32(30-27)23-5-3-2-4-6-23)15-25-28(35)31(17-26(33)34)29(37)38-25/h2-16H,17-18H2,1H3,(H,33,34)/b25-15-. The Morgan fingerprint density at radius 1 is 1.05 bits per heavy atom. The smallest absolute Gasteiger partial charge is 0.323 e. The molecule has 0 spiro atoms. The van der Waals surface area contributed by atoms with Crippen LogP contribution in [0.5, 0.6) is 5.75 Å². The van der Waals surface area contributed by atoms with Gasteiger partial charge in [-0.2, -0.15) is 5.10 Å². The zero-order valence-electron chi connectivity index (χ0n) is 20.4. The Labute approximate surface area is 229 Å². The van der Waals surface area contributed by atoms with E-state index in [1.165, 1.54) is 5.56 Å². The minimum Gasteiger partial charge on any atom is -0.489 e. The Morgan fingerprint density at radius 3 is 2.45 bits per heavy atom. The van der Waals surface area contributed by atoms with Crippen molar-refractivity contribution in [1.82, 2.24) is 14.7 Å². The summed E-state index contributed by atoms with van der Waals surface area (Å²) in [5.41, 5.74) is 5.37. The van der Waals surface area contributed by atoms with Crippen LogP contribution in [0.25, 0.3) is 23.0 Å². The van der Waals surface area contributed by atoms with Crippen molar-refractivity contribution < 1.29 is 19.4 Å². The number of amides is 1. The molecule has 5 rings (SSSR count). The molecule has 0 radical (unpaired) electrons. The first kappa shape index (κ1) is 25.4. The summed E-state index contributed by atoms with van der Waals surface area (Å²) in [4.78, 5) is 25.5. The second-order valence-electron chi connectivity index (χ2n) is 8.67. The lowest BCUT2D eigenvalue weighted by atomic mass is 10.1. The van der Waals surface area contributed by atoms with Gasteiger partial charge in [0.05, 0.1) is 16.3 Å². The van der Waals surface area contributed by atoms with Crippen LogP contribution in [-0.4, -0.2) is 42.5 Å². The zero-order chi connectivity index (χ0) is 26.6. The first-order valence-electron chi connectivity index (χ1n) is 11.8. The number of hydrogen-bond donors (Lipinski definition) is 1. The average Bonchev–Trinajstić information content (AvgIpc) is 3.45. The van der Waals surface area contributed by atoms with E-state index in [4.69, 9.17) is 27.2 Å². The van der Waals surface area contributed by atoms with Gasteiger partial charge in [0.1, 0.15) is 23.2 Å². The molecule has 1 aliphatic rings. The summed E-state index contributed by atoms with van der Waals surface area (Å²) in [6, 6.07) is 25.5. The van der Waals surface area contributed by atoms with Gasteiger partial charge in [-0.1, -0.05) is 72.0 Å². The van der Waals surface area contributed by atoms with E-state index in [-0.39, 0.29) is 4.32 Å².